The molecule has 1 rings (SSSR count). The lowest BCUT2D eigenvalue weighted by molar-refractivity contribution is 0.211. The molecule has 1 saturated heterocycles. The molecule has 1 heterocycles. The van der Waals surface area contributed by atoms with E-state index in [0.717, 1.165) is 12.6 Å². The van der Waals surface area contributed by atoms with Gasteiger partial charge in [-0.25, -0.2) is 0 Å². The minimum absolute atomic E-state index is 0.688. The Morgan fingerprint density at radius 3 is 2.86 bits per heavy atom. The smallest absolute Gasteiger partial charge is 0.0337 e. The highest BCUT2D eigenvalue weighted by atomic mass is 32.2. The molecular formula is C11H24N2S. The molecule has 3 heteroatoms. The van der Waals surface area contributed by atoms with E-state index in [9.17, 15) is 0 Å². The van der Waals surface area contributed by atoms with Crippen LogP contribution in [0.4, 0.5) is 0 Å². The molecule has 0 aromatic carbocycles. The Morgan fingerprint density at radius 2 is 2.29 bits per heavy atom. The van der Waals surface area contributed by atoms with Crippen molar-refractivity contribution >= 4 is 11.8 Å². The summed E-state index contributed by atoms with van der Waals surface area (Å²) >= 11 is 2.10. The van der Waals surface area contributed by atoms with Gasteiger partial charge in [0.15, 0.2) is 0 Å². The summed E-state index contributed by atoms with van der Waals surface area (Å²) in [6.45, 7) is 6.94. The van der Waals surface area contributed by atoms with Gasteiger partial charge >= 0.3 is 0 Å². The van der Waals surface area contributed by atoms with Crippen LogP contribution in [0.15, 0.2) is 0 Å². The third-order valence-electron chi connectivity index (χ3n) is 3.00. The standard InChI is InChI=1S/C11H24N2S/c1-4-6-12-10(5-2)11-9-14-8-7-13(11)3/h10-12H,4-9H2,1-3H3. The summed E-state index contributed by atoms with van der Waals surface area (Å²) in [5.74, 6) is 2.60. The Labute approximate surface area is 92.8 Å². The molecule has 0 bridgehead atoms. The second kappa shape index (κ2) is 6.70. The zero-order chi connectivity index (χ0) is 10.4. The summed E-state index contributed by atoms with van der Waals surface area (Å²) in [6, 6.07) is 1.43. The average Bonchev–Trinajstić information content (AvgIpc) is 2.21. The highest BCUT2D eigenvalue weighted by molar-refractivity contribution is 7.99. The van der Waals surface area contributed by atoms with Crippen molar-refractivity contribution in [2.75, 3.05) is 31.6 Å². The van der Waals surface area contributed by atoms with Gasteiger partial charge in [0.25, 0.3) is 0 Å². The highest BCUT2D eigenvalue weighted by Crippen LogP contribution is 2.18. The maximum Gasteiger partial charge on any atom is 0.0337 e. The molecule has 2 nitrogen and oxygen atoms in total. The van der Waals surface area contributed by atoms with Crippen LogP contribution < -0.4 is 5.32 Å². The van der Waals surface area contributed by atoms with Crippen LogP contribution >= 0.6 is 11.8 Å². The van der Waals surface area contributed by atoms with E-state index in [4.69, 9.17) is 0 Å². The molecule has 1 fully saturated rings. The van der Waals surface area contributed by atoms with E-state index < -0.39 is 0 Å². The summed E-state index contributed by atoms with van der Waals surface area (Å²) in [5, 5.41) is 3.66. The van der Waals surface area contributed by atoms with E-state index in [2.05, 4.69) is 42.9 Å². The number of nitrogens with zero attached hydrogens (tertiary/aromatic N) is 1. The summed E-state index contributed by atoms with van der Waals surface area (Å²) in [6.07, 6.45) is 2.48. The van der Waals surface area contributed by atoms with E-state index in [0.29, 0.717) is 6.04 Å². The van der Waals surface area contributed by atoms with E-state index in [-0.39, 0.29) is 0 Å². The third kappa shape index (κ3) is 3.44. The molecule has 0 amide bonds. The maximum absolute atomic E-state index is 3.66. The van der Waals surface area contributed by atoms with Gasteiger partial charge in [-0.3, -0.25) is 0 Å². The van der Waals surface area contributed by atoms with Crippen LogP contribution in [-0.4, -0.2) is 48.6 Å². The zero-order valence-corrected chi connectivity index (χ0v) is 10.6. The second-order valence-corrected chi connectivity index (χ2v) is 5.24. The number of thioether (sulfide) groups is 1. The first-order valence-corrected chi connectivity index (χ1v) is 6.96. The van der Waals surface area contributed by atoms with Gasteiger partial charge in [-0.1, -0.05) is 13.8 Å². The molecule has 1 aliphatic heterocycles. The molecular weight excluding hydrogens is 192 g/mol. The van der Waals surface area contributed by atoms with Gasteiger partial charge < -0.3 is 10.2 Å². The largest absolute Gasteiger partial charge is 0.312 e. The van der Waals surface area contributed by atoms with Crippen molar-refractivity contribution in [2.45, 2.75) is 38.8 Å². The topological polar surface area (TPSA) is 15.3 Å². The molecule has 1 aliphatic rings. The van der Waals surface area contributed by atoms with Gasteiger partial charge in [0.1, 0.15) is 0 Å². The van der Waals surface area contributed by atoms with Crippen LogP contribution in [0.5, 0.6) is 0 Å². The molecule has 0 aromatic rings. The minimum atomic E-state index is 0.688. The number of likely N-dealkylation sites (N-methyl/N-ethyl adjacent to an activating group) is 1. The zero-order valence-electron chi connectivity index (χ0n) is 9.75. The number of hydrogen-bond donors (Lipinski definition) is 1. The molecule has 84 valence electrons. The molecule has 2 atom stereocenters. The van der Waals surface area contributed by atoms with E-state index >= 15 is 0 Å². The molecule has 0 spiro atoms. The fourth-order valence-corrected chi connectivity index (χ4v) is 3.32. The van der Waals surface area contributed by atoms with Crippen molar-refractivity contribution in [1.29, 1.82) is 0 Å². The quantitative estimate of drug-likeness (QED) is 0.754. The van der Waals surface area contributed by atoms with E-state index in [1.165, 1.54) is 30.9 Å². The molecule has 0 saturated carbocycles. The Balaban J connectivity index is 2.40. The molecule has 1 N–H and O–H groups in total. The Bertz CT molecular complexity index is 152. The van der Waals surface area contributed by atoms with Crippen molar-refractivity contribution in [1.82, 2.24) is 10.2 Å². The SMILES string of the molecule is CCCNC(CC)C1CSCCN1C. The predicted molar refractivity (Wildman–Crippen MR) is 66.1 cm³/mol. The van der Waals surface area contributed by atoms with E-state index in [1.807, 2.05) is 0 Å². The van der Waals surface area contributed by atoms with Crippen molar-refractivity contribution in [3.8, 4) is 0 Å². The Morgan fingerprint density at radius 1 is 1.50 bits per heavy atom. The summed E-state index contributed by atoms with van der Waals surface area (Å²) in [7, 11) is 2.26. The van der Waals surface area contributed by atoms with Crippen molar-refractivity contribution in [2.24, 2.45) is 0 Å². The Hall–Kier alpha value is 0.270. The molecule has 2 unspecified atom stereocenters. The van der Waals surface area contributed by atoms with Crippen LogP contribution in [-0.2, 0) is 0 Å². The van der Waals surface area contributed by atoms with Crippen molar-refractivity contribution in [3.05, 3.63) is 0 Å². The van der Waals surface area contributed by atoms with E-state index in [1.54, 1.807) is 0 Å². The van der Waals surface area contributed by atoms with Crippen molar-refractivity contribution in [3.63, 3.8) is 0 Å². The summed E-state index contributed by atoms with van der Waals surface area (Å²) in [5.41, 5.74) is 0. The monoisotopic (exact) mass is 216 g/mol. The molecule has 0 aliphatic carbocycles. The average molecular weight is 216 g/mol. The van der Waals surface area contributed by atoms with Gasteiger partial charge in [0, 0.05) is 30.1 Å². The van der Waals surface area contributed by atoms with Crippen LogP contribution in [0, 0.1) is 0 Å². The van der Waals surface area contributed by atoms with Gasteiger partial charge in [-0.15, -0.1) is 0 Å². The number of nitrogens with one attached hydrogen (secondary N) is 1. The van der Waals surface area contributed by atoms with Crippen LogP contribution in [0.2, 0.25) is 0 Å². The second-order valence-electron chi connectivity index (χ2n) is 4.09. The van der Waals surface area contributed by atoms with Gasteiger partial charge in [-0.2, -0.15) is 11.8 Å². The van der Waals surface area contributed by atoms with Crippen LogP contribution in [0.3, 0.4) is 0 Å². The van der Waals surface area contributed by atoms with Gasteiger partial charge in [0.05, 0.1) is 0 Å². The normalized spacial score (nSPS) is 26.4. The molecule has 14 heavy (non-hydrogen) atoms. The van der Waals surface area contributed by atoms with Crippen LogP contribution in [0.1, 0.15) is 26.7 Å². The lowest BCUT2D eigenvalue weighted by Gasteiger charge is -2.37. The Kier molecular flexibility index (Phi) is 5.90. The minimum Gasteiger partial charge on any atom is -0.312 e. The highest BCUT2D eigenvalue weighted by Gasteiger charge is 2.25. The lowest BCUT2D eigenvalue weighted by Crippen LogP contribution is -2.52. The van der Waals surface area contributed by atoms with Gasteiger partial charge in [-0.05, 0) is 26.4 Å². The lowest BCUT2D eigenvalue weighted by atomic mass is 10.1. The van der Waals surface area contributed by atoms with Crippen LogP contribution in [0.25, 0.3) is 0 Å². The molecule has 0 aromatic heterocycles. The fraction of sp³-hybridized carbons (Fsp3) is 1.00. The maximum atomic E-state index is 3.66. The molecule has 0 radical (unpaired) electrons. The number of rotatable bonds is 5. The summed E-state index contributed by atoms with van der Waals surface area (Å²) < 4.78 is 0. The number of hydrogen-bond acceptors (Lipinski definition) is 3. The summed E-state index contributed by atoms with van der Waals surface area (Å²) in [4.78, 5) is 2.52. The third-order valence-corrected chi connectivity index (χ3v) is 4.05. The van der Waals surface area contributed by atoms with Gasteiger partial charge in [0.2, 0.25) is 0 Å². The first-order chi connectivity index (χ1) is 6.79. The predicted octanol–water partition coefficient (Wildman–Crippen LogP) is 1.81. The first-order valence-electron chi connectivity index (χ1n) is 5.81. The fourth-order valence-electron chi connectivity index (χ4n) is 2.01. The first kappa shape index (κ1) is 12.3. The van der Waals surface area contributed by atoms with Crippen molar-refractivity contribution < 1.29 is 0 Å².